The summed E-state index contributed by atoms with van der Waals surface area (Å²) in [5, 5.41) is 32.1. The van der Waals surface area contributed by atoms with Crippen LogP contribution < -0.4 is 11.1 Å². The lowest BCUT2D eigenvalue weighted by Gasteiger charge is -2.22. The Hall–Kier alpha value is -3.31. The standard InChI is InChI=1S/C20H27F2N3O2.2C2HF3O2/c1-12(2)5-16-10-19(27-25-16)20(3-4-20)24-11-18(26)17(23)8-13-6-14(21)9-15(22)7-13;2*3-2(4,5)1(6)7/h6-7,9-10,12,17-18,24,26H,3-5,8,11,23H2,1-2H3;2*(H,6,7)/t17-,18+;;/m0../s1. The van der Waals surface area contributed by atoms with Crippen LogP contribution in [0.2, 0.25) is 0 Å². The highest BCUT2D eigenvalue weighted by Gasteiger charge is 2.48. The number of carboxylic acids is 2. The molecule has 0 aliphatic heterocycles. The number of nitrogens with one attached hydrogen (secondary N) is 1. The molecule has 41 heavy (non-hydrogen) atoms. The first-order valence-corrected chi connectivity index (χ1v) is 11.9. The van der Waals surface area contributed by atoms with Crippen molar-refractivity contribution in [2.75, 3.05) is 6.54 Å². The first-order chi connectivity index (χ1) is 18.7. The molecule has 3 rings (SSSR count). The number of aromatic nitrogens is 1. The van der Waals surface area contributed by atoms with Gasteiger partial charge in [0.1, 0.15) is 11.6 Å². The smallest absolute Gasteiger partial charge is 0.475 e. The minimum atomic E-state index is -5.08. The fraction of sp³-hybridized carbons (Fsp3) is 0.542. The van der Waals surface area contributed by atoms with Crippen LogP contribution >= 0.6 is 0 Å². The van der Waals surface area contributed by atoms with E-state index in [1.54, 1.807) is 0 Å². The Bertz CT molecular complexity index is 1100. The lowest BCUT2D eigenvalue weighted by molar-refractivity contribution is -0.193. The van der Waals surface area contributed by atoms with Gasteiger partial charge in [0.15, 0.2) is 5.76 Å². The summed E-state index contributed by atoms with van der Waals surface area (Å²) in [7, 11) is 0. The van der Waals surface area contributed by atoms with E-state index < -0.39 is 48.1 Å². The second-order valence-corrected chi connectivity index (χ2v) is 9.56. The van der Waals surface area contributed by atoms with Gasteiger partial charge in [0.2, 0.25) is 0 Å². The lowest BCUT2D eigenvalue weighted by Crippen LogP contribution is -2.45. The van der Waals surface area contributed by atoms with Crippen molar-refractivity contribution in [3.05, 3.63) is 52.9 Å². The van der Waals surface area contributed by atoms with E-state index in [9.17, 15) is 40.2 Å². The molecule has 1 aromatic heterocycles. The number of aliphatic hydroxyl groups is 1. The van der Waals surface area contributed by atoms with Gasteiger partial charge in [0.25, 0.3) is 0 Å². The number of aliphatic hydroxyl groups excluding tert-OH is 1. The zero-order valence-electron chi connectivity index (χ0n) is 21.7. The highest BCUT2D eigenvalue weighted by molar-refractivity contribution is 5.73. The predicted molar refractivity (Wildman–Crippen MR) is 125 cm³/mol. The molecule has 1 saturated carbocycles. The van der Waals surface area contributed by atoms with Gasteiger partial charge in [-0.1, -0.05) is 19.0 Å². The zero-order valence-corrected chi connectivity index (χ0v) is 21.7. The maximum Gasteiger partial charge on any atom is 0.490 e. The summed E-state index contributed by atoms with van der Waals surface area (Å²) < 4.78 is 95.5. The number of carboxylic acid groups (broad SMARTS) is 2. The topological polar surface area (TPSA) is 159 Å². The lowest BCUT2D eigenvalue weighted by atomic mass is 10.0. The van der Waals surface area contributed by atoms with Crippen molar-refractivity contribution in [3.63, 3.8) is 0 Å². The Morgan fingerprint density at radius 2 is 1.44 bits per heavy atom. The van der Waals surface area contributed by atoms with Crippen molar-refractivity contribution in [2.45, 2.75) is 69.6 Å². The largest absolute Gasteiger partial charge is 0.490 e. The van der Waals surface area contributed by atoms with Crippen molar-refractivity contribution in [2.24, 2.45) is 11.7 Å². The molecule has 0 saturated heterocycles. The van der Waals surface area contributed by atoms with Crippen LogP contribution in [0.15, 0.2) is 28.8 Å². The van der Waals surface area contributed by atoms with Crippen LogP contribution in [0.25, 0.3) is 0 Å². The third kappa shape index (κ3) is 12.8. The number of hydrogen-bond donors (Lipinski definition) is 5. The normalized spacial score (nSPS) is 15.6. The van der Waals surface area contributed by atoms with E-state index in [1.807, 2.05) is 6.07 Å². The molecule has 232 valence electrons. The summed E-state index contributed by atoms with van der Waals surface area (Å²) in [5.74, 6) is -5.53. The Morgan fingerprint density at radius 3 is 1.83 bits per heavy atom. The van der Waals surface area contributed by atoms with Gasteiger partial charge >= 0.3 is 24.3 Å². The summed E-state index contributed by atoms with van der Waals surface area (Å²) in [5.41, 5.74) is 7.08. The van der Waals surface area contributed by atoms with Crippen LogP contribution in [0, 0.1) is 17.6 Å². The number of halogens is 8. The summed E-state index contributed by atoms with van der Waals surface area (Å²) in [6.07, 6.45) is -8.17. The van der Waals surface area contributed by atoms with Crippen molar-refractivity contribution >= 4 is 11.9 Å². The Labute approximate surface area is 228 Å². The molecule has 1 aliphatic carbocycles. The van der Waals surface area contributed by atoms with E-state index in [1.165, 1.54) is 12.1 Å². The third-order valence-electron chi connectivity index (χ3n) is 5.42. The molecule has 1 heterocycles. The van der Waals surface area contributed by atoms with Crippen LogP contribution in [0.3, 0.4) is 0 Å². The van der Waals surface area contributed by atoms with E-state index in [0.717, 1.165) is 36.8 Å². The zero-order chi connectivity index (χ0) is 31.8. The molecule has 0 bridgehead atoms. The average Bonchev–Trinajstić information content (AvgIpc) is 3.46. The monoisotopic (exact) mass is 607 g/mol. The van der Waals surface area contributed by atoms with Crippen molar-refractivity contribution in [1.29, 1.82) is 0 Å². The van der Waals surface area contributed by atoms with Gasteiger partial charge in [-0.3, -0.25) is 0 Å². The minimum Gasteiger partial charge on any atom is -0.475 e. The molecule has 1 fully saturated rings. The van der Waals surface area contributed by atoms with Crippen LogP contribution in [-0.4, -0.2) is 63.5 Å². The molecule has 17 heteroatoms. The molecule has 1 aromatic carbocycles. The SMILES string of the molecule is CC(C)Cc1cc(C2(NC[C@@H](O)[C@@H](N)Cc3cc(F)cc(F)c3)CC2)on1.O=C(O)C(F)(F)F.O=C(O)C(F)(F)F. The third-order valence-corrected chi connectivity index (χ3v) is 5.42. The number of nitrogens with two attached hydrogens (primary N) is 1. The molecule has 0 amide bonds. The van der Waals surface area contributed by atoms with Crippen LogP contribution in [0.4, 0.5) is 35.1 Å². The van der Waals surface area contributed by atoms with Crippen LogP contribution in [0.1, 0.15) is 43.7 Å². The number of aliphatic carboxylic acids is 2. The van der Waals surface area contributed by atoms with Gasteiger partial charge in [0, 0.05) is 24.7 Å². The fourth-order valence-corrected chi connectivity index (χ4v) is 3.28. The molecule has 6 N–H and O–H groups in total. The van der Waals surface area contributed by atoms with Gasteiger partial charge in [-0.05, 0) is 49.3 Å². The first-order valence-electron chi connectivity index (χ1n) is 11.9. The molecular weight excluding hydrogens is 578 g/mol. The molecule has 9 nitrogen and oxygen atoms in total. The van der Waals surface area contributed by atoms with E-state index in [0.29, 0.717) is 11.5 Å². The number of benzene rings is 1. The number of carbonyl (C=O) groups is 2. The Balaban J connectivity index is 0.000000497. The van der Waals surface area contributed by atoms with Crippen molar-refractivity contribution in [1.82, 2.24) is 10.5 Å². The summed E-state index contributed by atoms with van der Waals surface area (Å²) >= 11 is 0. The van der Waals surface area contributed by atoms with E-state index >= 15 is 0 Å². The Kier molecular flexibility index (Phi) is 12.7. The van der Waals surface area contributed by atoms with Crippen LogP contribution in [-0.2, 0) is 28.0 Å². The van der Waals surface area contributed by atoms with Gasteiger partial charge in [-0.2, -0.15) is 26.3 Å². The summed E-state index contributed by atoms with van der Waals surface area (Å²) in [6, 6.07) is 4.61. The average molecular weight is 607 g/mol. The van der Waals surface area contributed by atoms with Gasteiger partial charge < -0.3 is 30.9 Å². The second-order valence-electron chi connectivity index (χ2n) is 9.56. The van der Waals surface area contributed by atoms with Crippen molar-refractivity contribution in [3.8, 4) is 0 Å². The van der Waals surface area contributed by atoms with Crippen LogP contribution in [0.5, 0.6) is 0 Å². The fourth-order valence-electron chi connectivity index (χ4n) is 3.28. The molecular formula is C24H29F8N3O6. The molecule has 0 radical (unpaired) electrons. The maximum atomic E-state index is 13.3. The predicted octanol–water partition coefficient (Wildman–Crippen LogP) is 3.93. The van der Waals surface area contributed by atoms with E-state index in [2.05, 4.69) is 24.3 Å². The highest BCUT2D eigenvalue weighted by atomic mass is 19.4. The minimum absolute atomic E-state index is 0.186. The molecule has 1 aliphatic rings. The first kappa shape index (κ1) is 35.7. The van der Waals surface area contributed by atoms with Gasteiger partial charge in [0.05, 0.1) is 17.3 Å². The second kappa shape index (κ2) is 14.5. The highest BCUT2D eigenvalue weighted by Crippen LogP contribution is 2.45. The molecule has 2 atom stereocenters. The number of alkyl halides is 6. The van der Waals surface area contributed by atoms with Crippen molar-refractivity contribution < 1.29 is 64.6 Å². The van der Waals surface area contributed by atoms with E-state index in [-0.39, 0.29) is 18.5 Å². The maximum absolute atomic E-state index is 13.3. The summed E-state index contributed by atoms with van der Waals surface area (Å²) in [4.78, 5) is 17.8. The van der Waals surface area contributed by atoms with E-state index in [4.69, 9.17) is 30.1 Å². The summed E-state index contributed by atoms with van der Waals surface area (Å²) in [6.45, 7) is 4.52. The molecule has 2 aromatic rings. The number of hydrogen-bond acceptors (Lipinski definition) is 7. The Morgan fingerprint density at radius 1 is 0.976 bits per heavy atom. The molecule has 0 spiro atoms. The quantitative estimate of drug-likeness (QED) is 0.266. The number of nitrogens with zero attached hydrogens (tertiary/aromatic N) is 1. The number of rotatable bonds is 9. The molecule has 0 unspecified atom stereocenters. The van der Waals surface area contributed by atoms with Gasteiger partial charge in [-0.15, -0.1) is 0 Å². The van der Waals surface area contributed by atoms with Gasteiger partial charge in [-0.25, -0.2) is 18.4 Å².